The van der Waals surface area contributed by atoms with Gasteiger partial charge in [0.25, 0.3) is 5.91 Å². The number of anilines is 2. The van der Waals surface area contributed by atoms with E-state index >= 15 is 0 Å². The summed E-state index contributed by atoms with van der Waals surface area (Å²) in [5, 5.41) is 9.23. The van der Waals surface area contributed by atoms with Crippen LogP contribution in [0.3, 0.4) is 0 Å². The molecule has 0 fully saturated rings. The lowest BCUT2D eigenvalue weighted by atomic mass is 10.0. The number of carboxylic acids is 1. The van der Waals surface area contributed by atoms with E-state index in [1.807, 2.05) is 42.5 Å². The molecule has 0 radical (unpaired) electrons. The van der Waals surface area contributed by atoms with Crippen molar-refractivity contribution in [3.8, 4) is 22.6 Å². The molecule has 1 amide bonds. The van der Waals surface area contributed by atoms with Gasteiger partial charge in [0.1, 0.15) is 28.8 Å². The van der Waals surface area contributed by atoms with Crippen LogP contribution in [0, 0.1) is 5.82 Å². The van der Waals surface area contributed by atoms with E-state index in [1.54, 1.807) is 29.2 Å². The van der Waals surface area contributed by atoms with Gasteiger partial charge in [-0.1, -0.05) is 30.3 Å². The second kappa shape index (κ2) is 10.5. The zero-order chi connectivity index (χ0) is 24.8. The van der Waals surface area contributed by atoms with Gasteiger partial charge >= 0.3 is 5.97 Å². The number of halogens is 1. The van der Waals surface area contributed by atoms with Crippen molar-refractivity contribution in [3.05, 3.63) is 103 Å². The molecule has 176 valence electrons. The Balaban J connectivity index is 1.68. The third kappa shape index (κ3) is 6.00. The number of carbonyl (C=O) groups is 2. The van der Waals surface area contributed by atoms with E-state index in [9.17, 15) is 19.1 Å². The monoisotopic (exact) mass is 471 g/mol. The quantitative estimate of drug-likeness (QED) is 0.339. The average molecular weight is 471 g/mol. The average Bonchev–Trinajstić information content (AvgIpc) is 2.86. The summed E-state index contributed by atoms with van der Waals surface area (Å²) in [5.74, 6) is -0.547. The fraction of sp³-hybridized carbons (Fsp3) is 0.0741. The van der Waals surface area contributed by atoms with E-state index in [0.717, 1.165) is 11.3 Å². The van der Waals surface area contributed by atoms with Gasteiger partial charge in [-0.2, -0.15) is 0 Å². The number of nitrogens with zero attached hydrogens (tertiary/aromatic N) is 2. The second-order valence-corrected chi connectivity index (χ2v) is 7.67. The minimum Gasteiger partial charge on any atom is -0.481 e. The first-order valence-electron chi connectivity index (χ1n) is 10.8. The van der Waals surface area contributed by atoms with Crippen LogP contribution in [0.5, 0.6) is 11.5 Å². The van der Waals surface area contributed by atoms with Gasteiger partial charge in [-0.3, -0.25) is 9.59 Å². The van der Waals surface area contributed by atoms with Crippen LogP contribution < -0.4 is 15.4 Å². The summed E-state index contributed by atoms with van der Waals surface area (Å²) in [6.45, 7) is 0.151. The molecule has 0 saturated heterocycles. The first-order chi connectivity index (χ1) is 16.9. The molecule has 4 rings (SSSR count). The number of primary amides is 1. The summed E-state index contributed by atoms with van der Waals surface area (Å²) in [5.41, 5.74) is 7.79. The largest absolute Gasteiger partial charge is 0.481 e. The van der Waals surface area contributed by atoms with Crippen molar-refractivity contribution >= 4 is 23.4 Å². The summed E-state index contributed by atoms with van der Waals surface area (Å²) < 4.78 is 18.9. The lowest BCUT2D eigenvalue weighted by molar-refractivity contribution is -0.136. The maximum Gasteiger partial charge on any atom is 0.305 e. The van der Waals surface area contributed by atoms with Crippen LogP contribution in [0.25, 0.3) is 11.1 Å². The Morgan fingerprint density at radius 1 is 0.886 bits per heavy atom. The van der Waals surface area contributed by atoms with Crippen LogP contribution in [0.15, 0.2) is 91.0 Å². The van der Waals surface area contributed by atoms with Crippen molar-refractivity contribution in [1.29, 1.82) is 0 Å². The first-order valence-corrected chi connectivity index (χ1v) is 10.8. The SMILES string of the molecule is NC(=O)c1cc(-c2ccc(Oc3ccc(F)cc3)cc2)cc(N(CCC(=O)O)c2ccccc2)n1. The van der Waals surface area contributed by atoms with Crippen molar-refractivity contribution < 1.29 is 23.8 Å². The highest BCUT2D eigenvalue weighted by Gasteiger charge is 2.17. The van der Waals surface area contributed by atoms with E-state index in [0.29, 0.717) is 22.9 Å². The molecule has 0 spiro atoms. The summed E-state index contributed by atoms with van der Waals surface area (Å²) in [6, 6.07) is 25.4. The number of rotatable bonds is 9. The number of para-hydroxylation sites is 1. The maximum atomic E-state index is 13.1. The van der Waals surface area contributed by atoms with E-state index in [4.69, 9.17) is 10.5 Å². The lowest BCUT2D eigenvalue weighted by Crippen LogP contribution is -2.23. The van der Waals surface area contributed by atoms with Crippen LogP contribution >= 0.6 is 0 Å². The van der Waals surface area contributed by atoms with Gasteiger partial charge in [0.05, 0.1) is 6.42 Å². The minimum absolute atomic E-state index is 0.0559. The molecular formula is C27H22FN3O4. The second-order valence-electron chi connectivity index (χ2n) is 7.67. The summed E-state index contributed by atoms with van der Waals surface area (Å²) >= 11 is 0. The Morgan fingerprint density at radius 2 is 1.51 bits per heavy atom. The van der Waals surface area contributed by atoms with Crippen LogP contribution in [0.2, 0.25) is 0 Å². The van der Waals surface area contributed by atoms with Gasteiger partial charge in [0, 0.05) is 12.2 Å². The molecule has 0 aliphatic carbocycles. The Labute approximate surface area is 201 Å². The van der Waals surface area contributed by atoms with E-state index in [2.05, 4.69) is 4.98 Å². The van der Waals surface area contributed by atoms with Crippen molar-refractivity contribution in [1.82, 2.24) is 4.98 Å². The van der Waals surface area contributed by atoms with Crippen molar-refractivity contribution in [2.24, 2.45) is 5.73 Å². The molecule has 0 unspecified atom stereocenters. The number of nitrogens with two attached hydrogens (primary N) is 1. The number of pyridine rings is 1. The highest BCUT2D eigenvalue weighted by Crippen LogP contribution is 2.31. The molecule has 0 aliphatic heterocycles. The predicted molar refractivity (Wildman–Crippen MR) is 130 cm³/mol. The summed E-state index contributed by atoms with van der Waals surface area (Å²) in [4.78, 5) is 29.4. The van der Waals surface area contributed by atoms with Crippen LogP contribution in [0.4, 0.5) is 15.9 Å². The molecule has 0 atom stereocenters. The number of benzene rings is 3. The Hall–Kier alpha value is -4.72. The molecule has 0 aliphatic rings. The van der Waals surface area contributed by atoms with Gasteiger partial charge in [-0.15, -0.1) is 0 Å². The van der Waals surface area contributed by atoms with Gasteiger partial charge in [-0.05, 0) is 71.8 Å². The normalized spacial score (nSPS) is 10.5. The smallest absolute Gasteiger partial charge is 0.305 e. The molecule has 0 bridgehead atoms. The first kappa shape index (κ1) is 23.4. The highest BCUT2D eigenvalue weighted by molar-refractivity contribution is 5.93. The molecule has 35 heavy (non-hydrogen) atoms. The topological polar surface area (TPSA) is 106 Å². The molecule has 8 heteroatoms. The van der Waals surface area contributed by atoms with Gasteiger partial charge in [0.15, 0.2) is 0 Å². The van der Waals surface area contributed by atoms with Crippen molar-refractivity contribution in [3.63, 3.8) is 0 Å². The minimum atomic E-state index is -0.950. The summed E-state index contributed by atoms with van der Waals surface area (Å²) in [7, 11) is 0. The van der Waals surface area contributed by atoms with Crippen LogP contribution in [-0.2, 0) is 4.79 Å². The standard InChI is InChI=1S/C27H22FN3O4/c28-20-8-12-23(13-9-20)35-22-10-6-18(7-11-22)19-16-24(27(29)34)30-25(17-19)31(15-14-26(32)33)21-4-2-1-3-5-21/h1-13,16-17H,14-15H2,(H2,29,34)(H,32,33). The molecule has 3 N–H and O–H groups in total. The third-order valence-corrected chi connectivity index (χ3v) is 5.19. The third-order valence-electron chi connectivity index (χ3n) is 5.19. The highest BCUT2D eigenvalue weighted by atomic mass is 19.1. The number of hydrogen-bond donors (Lipinski definition) is 2. The van der Waals surface area contributed by atoms with Crippen LogP contribution in [-0.4, -0.2) is 28.5 Å². The van der Waals surface area contributed by atoms with Gasteiger partial charge < -0.3 is 20.5 Å². The molecule has 1 heterocycles. The molecular weight excluding hydrogens is 449 g/mol. The zero-order valence-electron chi connectivity index (χ0n) is 18.6. The van der Waals surface area contributed by atoms with Crippen molar-refractivity contribution in [2.75, 3.05) is 11.4 Å². The lowest BCUT2D eigenvalue weighted by Gasteiger charge is -2.24. The Morgan fingerprint density at radius 3 is 2.11 bits per heavy atom. The fourth-order valence-corrected chi connectivity index (χ4v) is 3.49. The molecule has 3 aromatic carbocycles. The molecule has 4 aromatic rings. The number of hydrogen-bond acceptors (Lipinski definition) is 5. The van der Waals surface area contributed by atoms with Crippen LogP contribution in [0.1, 0.15) is 16.9 Å². The number of ether oxygens (including phenoxy) is 1. The summed E-state index contributed by atoms with van der Waals surface area (Å²) in [6.07, 6.45) is -0.123. The Bertz CT molecular complexity index is 1330. The molecule has 0 saturated carbocycles. The van der Waals surface area contributed by atoms with E-state index in [1.165, 1.54) is 24.3 Å². The Kier molecular flexibility index (Phi) is 7.02. The predicted octanol–water partition coefficient (Wildman–Crippen LogP) is 5.39. The van der Waals surface area contributed by atoms with E-state index < -0.39 is 11.9 Å². The number of aliphatic carboxylic acids is 1. The van der Waals surface area contributed by atoms with Gasteiger partial charge in [0.2, 0.25) is 0 Å². The number of carbonyl (C=O) groups excluding carboxylic acids is 1. The number of carboxylic acid groups (broad SMARTS) is 1. The molecule has 1 aromatic heterocycles. The number of amides is 1. The van der Waals surface area contributed by atoms with Crippen molar-refractivity contribution in [2.45, 2.75) is 6.42 Å². The fourth-order valence-electron chi connectivity index (χ4n) is 3.49. The number of aromatic nitrogens is 1. The zero-order valence-corrected chi connectivity index (χ0v) is 18.6. The maximum absolute atomic E-state index is 13.1. The molecule has 7 nitrogen and oxygen atoms in total. The van der Waals surface area contributed by atoms with E-state index in [-0.39, 0.29) is 24.5 Å². The van der Waals surface area contributed by atoms with Gasteiger partial charge in [-0.25, -0.2) is 9.37 Å².